The van der Waals surface area contributed by atoms with Gasteiger partial charge in [-0.25, -0.2) is 4.79 Å². The maximum absolute atomic E-state index is 12.9. The Morgan fingerprint density at radius 2 is 0.679 bits per heavy atom. The van der Waals surface area contributed by atoms with Gasteiger partial charge >= 0.3 is 17.9 Å². The first-order chi connectivity index (χ1) is 39.6. The summed E-state index contributed by atoms with van der Waals surface area (Å²) in [6, 6.07) is 0. The Kier molecular flexibility index (Phi) is 56.3. The molecule has 2 unspecified atom stereocenters. The Morgan fingerprint density at radius 1 is 0.370 bits per heavy atom. The third-order valence-corrected chi connectivity index (χ3v) is 12.2. The van der Waals surface area contributed by atoms with Crippen LogP contribution < -0.4 is 0 Å². The van der Waals surface area contributed by atoms with Gasteiger partial charge in [-0.15, -0.1) is 0 Å². The molecule has 0 aliphatic heterocycles. The molecule has 9 nitrogen and oxygen atoms in total. The second-order valence-corrected chi connectivity index (χ2v) is 20.9. The van der Waals surface area contributed by atoms with Crippen molar-refractivity contribution in [2.75, 3.05) is 47.5 Å². The van der Waals surface area contributed by atoms with Crippen LogP contribution in [0.4, 0.5) is 0 Å². The molecule has 0 spiro atoms. The van der Waals surface area contributed by atoms with E-state index in [1.807, 2.05) is 21.1 Å². The molecule has 0 fully saturated rings. The fourth-order valence-corrected chi connectivity index (χ4v) is 7.49. The van der Waals surface area contributed by atoms with Crippen molar-refractivity contribution in [3.05, 3.63) is 182 Å². The van der Waals surface area contributed by atoms with Crippen molar-refractivity contribution in [3.8, 4) is 0 Å². The number of ether oxygens (including phenoxy) is 4. The molecule has 1 N–H and O–H groups in total. The summed E-state index contributed by atoms with van der Waals surface area (Å²) >= 11 is 0. The van der Waals surface area contributed by atoms with E-state index in [2.05, 4.69) is 196 Å². The molecule has 9 heteroatoms. The molecule has 0 rings (SSSR count). The Hall–Kier alpha value is -5.61. The number of hydrogen-bond donors (Lipinski definition) is 1. The van der Waals surface area contributed by atoms with Gasteiger partial charge in [-0.2, -0.15) is 0 Å². The highest BCUT2D eigenvalue weighted by atomic mass is 16.7. The van der Waals surface area contributed by atoms with Gasteiger partial charge in [-0.3, -0.25) is 9.59 Å². The van der Waals surface area contributed by atoms with Crippen molar-refractivity contribution >= 4 is 17.9 Å². The lowest BCUT2D eigenvalue weighted by molar-refractivity contribution is -0.870. The first-order valence-electron chi connectivity index (χ1n) is 30.9. The molecule has 0 amide bonds. The van der Waals surface area contributed by atoms with Crippen LogP contribution in [0.25, 0.3) is 0 Å². The largest absolute Gasteiger partial charge is 0.477 e. The number of allylic oxidation sites excluding steroid dienone is 30. The van der Waals surface area contributed by atoms with Gasteiger partial charge < -0.3 is 28.5 Å². The highest BCUT2D eigenvalue weighted by molar-refractivity contribution is 5.71. The van der Waals surface area contributed by atoms with Crippen molar-refractivity contribution < 1.29 is 42.9 Å². The van der Waals surface area contributed by atoms with Gasteiger partial charge in [0, 0.05) is 12.8 Å². The number of hydrogen-bond acceptors (Lipinski definition) is 7. The molecule has 0 aliphatic carbocycles. The van der Waals surface area contributed by atoms with Gasteiger partial charge in [-0.05, 0) is 128 Å². The first-order valence-corrected chi connectivity index (χ1v) is 30.9. The maximum Gasteiger partial charge on any atom is 0.361 e. The molecule has 81 heavy (non-hydrogen) atoms. The second kappa shape index (κ2) is 60.5. The Bertz CT molecular complexity index is 1980. The Balaban J connectivity index is 4.36. The summed E-state index contributed by atoms with van der Waals surface area (Å²) in [5.41, 5.74) is 0. The van der Waals surface area contributed by atoms with E-state index in [9.17, 15) is 19.5 Å². The van der Waals surface area contributed by atoms with Crippen molar-refractivity contribution in [3.63, 3.8) is 0 Å². The van der Waals surface area contributed by atoms with Crippen LogP contribution in [0.5, 0.6) is 0 Å². The summed E-state index contributed by atoms with van der Waals surface area (Å²) in [5.74, 6) is -2.12. The summed E-state index contributed by atoms with van der Waals surface area (Å²) in [6.07, 6.45) is 89.8. The van der Waals surface area contributed by atoms with Crippen LogP contribution in [-0.4, -0.2) is 87.4 Å². The minimum Gasteiger partial charge on any atom is -0.477 e. The fourth-order valence-electron chi connectivity index (χ4n) is 7.49. The smallest absolute Gasteiger partial charge is 0.361 e. The van der Waals surface area contributed by atoms with Gasteiger partial charge in [0.2, 0.25) is 0 Å². The second-order valence-electron chi connectivity index (χ2n) is 20.9. The van der Waals surface area contributed by atoms with Crippen LogP contribution in [0.1, 0.15) is 194 Å². The molecule has 0 aromatic rings. The molecule has 0 radical (unpaired) electrons. The minimum absolute atomic E-state index is 0.166. The van der Waals surface area contributed by atoms with Gasteiger partial charge in [-0.1, -0.05) is 235 Å². The number of unbranched alkanes of at least 4 members (excludes halogenated alkanes) is 9. The zero-order chi connectivity index (χ0) is 59.1. The average Bonchev–Trinajstić information content (AvgIpc) is 3.44. The molecule has 0 saturated heterocycles. The van der Waals surface area contributed by atoms with Crippen LogP contribution in [0.3, 0.4) is 0 Å². The molecule has 0 heterocycles. The third kappa shape index (κ3) is 61.9. The molecule has 452 valence electrons. The van der Waals surface area contributed by atoms with E-state index in [-0.39, 0.29) is 32.7 Å². The highest BCUT2D eigenvalue weighted by Gasteiger charge is 2.25. The molecule has 0 bridgehead atoms. The van der Waals surface area contributed by atoms with Crippen LogP contribution >= 0.6 is 0 Å². The molecule has 0 aliphatic rings. The number of quaternary nitrogens is 1. The quantitative estimate of drug-likeness (QED) is 0.0211. The van der Waals surface area contributed by atoms with Crippen molar-refractivity contribution in [1.29, 1.82) is 0 Å². The monoisotopic (exact) mass is 1120 g/mol. The molecule has 2 atom stereocenters. The Morgan fingerprint density at radius 3 is 1.02 bits per heavy atom. The normalized spacial score (nSPS) is 14.0. The SMILES string of the molecule is CC/C=C\C/C=C\C/C=C\C/C=C\C/C=C\C/C=C\C/C=C\C/C=C\CCCCCCCCCCC(=O)OC(COC(=O)CCC/C=C\C/C=C\C/C=C\C/C=C\C/C=C\C/C=C\C/C=C\CC)COC(OCC[N+](C)(C)C)C(=O)O. The van der Waals surface area contributed by atoms with E-state index in [1.165, 1.54) is 25.7 Å². The fraction of sp³-hybridized carbons (Fsp3) is 0.542. The lowest BCUT2D eigenvalue weighted by Gasteiger charge is -2.25. The number of carboxylic acids is 1. The number of likely N-dealkylation sites (N-methyl/N-ethyl adjacent to an activating group) is 1. The number of carbonyl (C=O) groups excluding carboxylic acids is 2. The van der Waals surface area contributed by atoms with Gasteiger partial charge in [0.05, 0.1) is 34.4 Å². The van der Waals surface area contributed by atoms with E-state index in [4.69, 9.17) is 18.9 Å². The summed E-state index contributed by atoms with van der Waals surface area (Å²) in [6.45, 7) is 4.54. The number of esters is 2. The highest BCUT2D eigenvalue weighted by Crippen LogP contribution is 2.13. The lowest BCUT2D eigenvalue weighted by Crippen LogP contribution is -2.40. The number of aliphatic carboxylic acids is 1. The molecule has 0 aromatic carbocycles. The van der Waals surface area contributed by atoms with E-state index >= 15 is 0 Å². The van der Waals surface area contributed by atoms with Crippen LogP contribution in [0.15, 0.2) is 182 Å². The van der Waals surface area contributed by atoms with Crippen LogP contribution in [-0.2, 0) is 33.3 Å². The van der Waals surface area contributed by atoms with Crippen molar-refractivity contribution in [1.82, 2.24) is 0 Å². The van der Waals surface area contributed by atoms with Gasteiger partial charge in [0.1, 0.15) is 13.2 Å². The van der Waals surface area contributed by atoms with Crippen LogP contribution in [0, 0.1) is 0 Å². The number of nitrogens with zero attached hydrogens (tertiary/aromatic N) is 1. The molecule has 0 saturated carbocycles. The predicted molar refractivity (Wildman–Crippen MR) is 345 cm³/mol. The molecule has 0 aromatic heterocycles. The molecular weight excluding hydrogens is 1010 g/mol. The van der Waals surface area contributed by atoms with E-state index in [0.29, 0.717) is 23.9 Å². The van der Waals surface area contributed by atoms with Crippen molar-refractivity contribution in [2.24, 2.45) is 0 Å². The summed E-state index contributed by atoms with van der Waals surface area (Å²) < 4.78 is 22.8. The van der Waals surface area contributed by atoms with E-state index < -0.39 is 30.3 Å². The summed E-state index contributed by atoms with van der Waals surface area (Å²) in [4.78, 5) is 37.5. The standard InChI is InChI=1S/C72H111NO8/c1-6-8-10-12-14-16-18-20-22-24-26-28-30-31-32-33-34-35-36-37-38-39-41-43-45-47-49-51-53-55-57-59-61-63-70(75)81-68(67-80-72(71(76)77)78-65-64-73(3,4)5)66-79-69(74)62-60-58-56-54-52-50-48-46-44-42-40-29-27-25-23-21-19-17-15-13-11-9-7-2/h8-11,14-17,20-23,26-29,31-32,34-35,37-38,41-44,48,50,54,56,68,72H,6-7,12-13,18-19,24-25,30,33,36,39-40,45-47,49,51-53,55,57-67H2,1-5H3/p+1/b10-8-,11-9-,16-14-,17-15-,22-20-,23-21-,28-26-,29-27-,32-31-,35-34-,38-37-,43-41-,44-42-,50-48-,56-54-. The van der Waals surface area contributed by atoms with Gasteiger partial charge in [0.15, 0.2) is 6.10 Å². The topological polar surface area (TPSA) is 108 Å². The summed E-state index contributed by atoms with van der Waals surface area (Å²) in [7, 11) is 5.93. The summed E-state index contributed by atoms with van der Waals surface area (Å²) in [5, 5.41) is 9.72. The van der Waals surface area contributed by atoms with E-state index in [1.54, 1.807) is 0 Å². The average molecular weight is 1120 g/mol. The van der Waals surface area contributed by atoms with Gasteiger partial charge in [0.25, 0.3) is 6.29 Å². The number of carbonyl (C=O) groups is 3. The zero-order valence-electron chi connectivity index (χ0n) is 51.4. The third-order valence-electron chi connectivity index (χ3n) is 12.2. The van der Waals surface area contributed by atoms with Crippen LogP contribution in [0.2, 0.25) is 0 Å². The van der Waals surface area contributed by atoms with Crippen molar-refractivity contribution in [2.45, 2.75) is 206 Å². The zero-order valence-corrected chi connectivity index (χ0v) is 51.4. The Labute approximate surface area is 494 Å². The predicted octanol–water partition coefficient (Wildman–Crippen LogP) is 18.9. The minimum atomic E-state index is -1.54. The maximum atomic E-state index is 12.9. The molecular formula is C72H112NO8+. The van der Waals surface area contributed by atoms with E-state index in [0.717, 1.165) is 128 Å². The lowest BCUT2D eigenvalue weighted by atomic mass is 10.1. The number of carboxylic acid groups (broad SMARTS) is 1. The number of rotatable bonds is 54. The first kappa shape index (κ1) is 75.4.